The zero-order valence-corrected chi connectivity index (χ0v) is 11.7. The molecule has 1 rings (SSSR count). The van der Waals surface area contributed by atoms with E-state index in [1.54, 1.807) is 0 Å². The van der Waals surface area contributed by atoms with Gasteiger partial charge in [-0.05, 0) is 12.8 Å². The summed E-state index contributed by atoms with van der Waals surface area (Å²) in [7, 11) is 1.53. The van der Waals surface area contributed by atoms with Crippen molar-refractivity contribution < 1.29 is 24.2 Å². The molecule has 7 nitrogen and oxygen atoms in total. The zero-order chi connectivity index (χ0) is 15.0. The van der Waals surface area contributed by atoms with E-state index in [4.69, 9.17) is 9.84 Å². The fourth-order valence-corrected chi connectivity index (χ4v) is 2.39. The van der Waals surface area contributed by atoms with Crippen LogP contribution in [0.4, 0.5) is 0 Å². The first-order chi connectivity index (χ1) is 9.56. The molecule has 0 bridgehead atoms. The van der Waals surface area contributed by atoms with E-state index < -0.39 is 17.8 Å². The lowest BCUT2D eigenvalue weighted by Crippen LogP contribution is -2.44. The molecule has 1 saturated carbocycles. The highest BCUT2D eigenvalue weighted by molar-refractivity contribution is 5.88. The molecule has 0 aromatic carbocycles. The van der Waals surface area contributed by atoms with Crippen LogP contribution in [0.3, 0.4) is 0 Å². The van der Waals surface area contributed by atoms with Crippen LogP contribution < -0.4 is 10.6 Å². The van der Waals surface area contributed by atoms with Gasteiger partial charge in [0.1, 0.15) is 0 Å². The van der Waals surface area contributed by atoms with E-state index in [1.165, 1.54) is 7.11 Å². The molecule has 1 aliphatic rings. The van der Waals surface area contributed by atoms with Gasteiger partial charge in [0.25, 0.3) is 0 Å². The Kier molecular flexibility index (Phi) is 7.00. The largest absolute Gasteiger partial charge is 0.481 e. The monoisotopic (exact) mass is 286 g/mol. The summed E-state index contributed by atoms with van der Waals surface area (Å²) in [5.41, 5.74) is 0. The Morgan fingerprint density at radius 1 is 1.15 bits per heavy atom. The highest BCUT2D eigenvalue weighted by Gasteiger charge is 2.35. The van der Waals surface area contributed by atoms with Crippen LogP contribution in [-0.2, 0) is 19.1 Å². The number of carboxylic acid groups (broad SMARTS) is 1. The van der Waals surface area contributed by atoms with Crippen LogP contribution >= 0.6 is 0 Å². The lowest BCUT2D eigenvalue weighted by atomic mass is 9.79. The molecule has 20 heavy (non-hydrogen) atoms. The Hall–Kier alpha value is -1.63. The molecule has 0 spiro atoms. The maximum absolute atomic E-state index is 12.0. The summed E-state index contributed by atoms with van der Waals surface area (Å²) < 4.78 is 4.79. The van der Waals surface area contributed by atoms with Crippen LogP contribution in [0.1, 0.15) is 25.7 Å². The second-order valence-corrected chi connectivity index (χ2v) is 4.90. The van der Waals surface area contributed by atoms with Crippen LogP contribution in [0.25, 0.3) is 0 Å². The minimum atomic E-state index is -0.936. The smallest absolute Gasteiger partial charge is 0.307 e. The van der Waals surface area contributed by atoms with Crippen molar-refractivity contribution >= 4 is 17.8 Å². The SMILES string of the molecule is COCCNC(=O)CNC(=O)C1CCCCC1C(=O)O. The van der Waals surface area contributed by atoms with E-state index in [0.29, 0.717) is 26.0 Å². The topological polar surface area (TPSA) is 105 Å². The van der Waals surface area contributed by atoms with E-state index in [2.05, 4.69) is 10.6 Å². The number of hydrogen-bond donors (Lipinski definition) is 3. The average Bonchev–Trinajstić information content (AvgIpc) is 2.45. The summed E-state index contributed by atoms with van der Waals surface area (Å²) in [5.74, 6) is -2.76. The number of amides is 2. The van der Waals surface area contributed by atoms with E-state index in [-0.39, 0.29) is 18.4 Å². The summed E-state index contributed by atoms with van der Waals surface area (Å²) >= 11 is 0. The zero-order valence-electron chi connectivity index (χ0n) is 11.7. The van der Waals surface area contributed by atoms with Crippen molar-refractivity contribution in [2.75, 3.05) is 26.8 Å². The Morgan fingerprint density at radius 2 is 1.80 bits per heavy atom. The minimum absolute atomic E-state index is 0.134. The van der Waals surface area contributed by atoms with Crippen LogP contribution in [0, 0.1) is 11.8 Å². The molecule has 0 aromatic heterocycles. The summed E-state index contributed by atoms with van der Waals surface area (Å²) in [6, 6.07) is 0. The molecule has 0 aliphatic heterocycles. The molecule has 2 atom stereocenters. The maximum atomic E-state index is 12.0. The molecular formula is C13H22N2O5. The van der Waals surface area contributed by atoms with Gasteiger partial charge < -0.3 is 20.5 Å². The van der Waals surface area contributed by atoms with Gasteiger partial charge in [-0.2, -0.15) is 0 Å². The molecule has 3 N–H and O–H groups in total. The summed E-state index contributed by atoms with van der Waals surface area (Å²) in [6.07, 6.45) is 2.77. The standard InChI is InChI=1S/C13H22N2O5/c1-20-7-6-14-11(16)8-15-12(17)9-4-2-3-5-10(9)13(18)19/h9-10H,2-8H2,1H3,(H,14,16)(H,15,17)(H,18,19). The number of carbonyl (C=O) groups is 3. The van der Waals surface area contributed by atoms with Gasteiger partial charge in [-0.3, -0.25) is 14.4 Å². The Bertz CT molecular complexity index is 359. The number of hydrogen-bond acceptors (Lipinski definition) is 4. The first-order valence-electron chi connectivity index (χ1n) is 6.82. The molecule has 0 radical (unpaired) electrons. The molecule has 0 heterocycles. The molecule has 0 saturated heterocycles. The third-order valence-corrected chi connectivity index (χ3v) is 3.47. The van der Waals surface area contributed by atoms with Gasteiger partial charge in [-0.25, -0.2) is 0 Å². The van der Waals surface area contributed by atoms with Gasteiger partial charge in [0.2, 0.25) is 11.8 Å². The molecule has 2 amide bonds. The number of rotatable bonds is 7. The third kappa shape index (κ3) is 5.16. The molecule has 0 aromatic rings. The molecule has 1 fully saturated rings. The fraction of sp³-hybridized carbons (Fsp3) is 0.769. The van der Waals surface area contributed by atoms with Crippen molar-refractivity contribution in [1.29, 1.82) is 0 Å². The molecule has 7 heteroatoms. The number of carboxylic acids is 1. The van der Waals surface area contributed by atoms with Crippen molar-refractivity contribution in [3.63, 3.8) is 0 Å². The van der Waals surface area contributed by atoms with Gasteiger partial charge in [0.15, 0.2) is 0 Å². The normalized spacial score (nSPS) is 22.1. The third-order valence-electron chi connectivity index (χ3n) is 3.47. The number of carbonyl (C=O) groups excluding carboxylic acids is 2. The molecular weight excluding hydrogens is 264 g/mol. The quantitative estimate of drug-likeness (QED) is 0.560. The fourth-order valence-electron chi connectivity index (χ4n) is 2.39. The predicted octanol–water partition coefficient (Wildman–Crippen LogP) is -0.244. The maximum Gasteiger partial charge on any atom is 0.307 e. The first kappa shape index (κ1) is 16.4. The number of methoxy groups -OCH3 is 1. The van der Waals surface area contributed by atoms with Gasteiger partial charge in [0, 0.05) is 13.7 Å². The Labute approximate surface area is 118 Å². The Balaban J connectivity index is 2.37. The lowest BCUT2D eigenvalue weighted by molar-refractivity contribution is -0.149. The van der Waals surface area contributed by atoms with E-state index in [9.17, 15) is 14.4 Å². The summed E-state index contributed by atoms with van der Waals surface area (Å²) in [6.45, 7) is 0.654. The molecule has 1 aliphatic carbocycles. The predicted molar refractivity (Wildman–Crippen MR) is 71.0 cm³/mol. The average molecular weight is 286 g/mol. The van der Waals surface area contributed by atoms with Gasteiger partial charge in [-0.15, -0.1) is 0 Å². The van der Waals surface area contributed by atoms with Crippen LogP contribution in [-0.4, -0.2) is 49.7 Å². The van der Waals surface area contributed by atoms with Gasteiger partial charge in [-0.1, -0.05) is 12.8 Å². The molecule has 2 unspecified atom stereocenters. The Morgan fingerprint density at radius 3 is 2.40 bits per heavy atom. The molecule has 114 valence electrons. The first-order valence-corrected chi connectivity index (χ1v) is 6.82. The number of nitrogens with one attached hydrogen (secondary N) is 2. The van der Waals surface area contributed by atoms with E-state index >= 15 is 0 Å². The van der Waals surface area contributed by atoms with Gasteiger partial charge in [0.05, 0.1) is 25.0 Å². The van der Waals surface area contributed by atoms with Crippen molar-refractivity contribution in [1.82, 2.24) is 10.6 Å². The highest BCUT2D eigenvalue weighted by Crippen LogP contribution is 2.30. The van der Waals surface area contributed by atoms with Gasteiger partial charge >= 0.3 is 5.97 Å². The van der Waals surface area contributed by atoms with Crippen LogP contribution in [0.5, 0.6) is 0 Å². The van der Waals surface area contributed by atoms with Crippen LogP contribution in [0.2, 0.25) is 0 Å². The second-order valence-electron chi connectivity index (χ2n) is 4.90. The van der Waals surface area contributed by atoms with Crippen molar-refractivity contribution in [2.24, 2.45) is 11.8 Å². The lowest BCUT2D eigenvalue weighted by Gasteiger charge is -2.27. The van der Waals surface area contributed by atoms with Crippen molar-refractivity contribution in [3.05, 3.63) is 0 Å². The van der Waals surface area contributed by atoms with Crippen molar-refractivity contribution in [2.45, 2.75) is 25.7 Å². The minimum Gasteiger partial charge on any atom is -0.481 e. The van der Waals surface area contributed by atoms with Crippen molar-refractivity contribution in [3.8, 4) is 0 Å². The number of aliphatic carboxylic acids is 1. The number of ether oxygens (including phenoxy) is 1. The van der Waals surface area contributed by atoms with Crippen LogP contribution in [0.15, 0.2) is 0 Å². The summed E-state index contributed by atoms with van der Waals surface area (Å²) in [4.78, 5) is 34.5. The summed E-state index contributed by atoms with van der Waals surface area (Å²) in [5, 5.41) is 14.2. The highest BCUT2D eigenvalue weighted by atomic mass is 16.5. The van der Waals surface area contributed by atoms with E-state index in [0.717, 1.165) is 12.8 Å². The second kappa shape index (κ2) is 8.52. The van der Waals surface area contributed by atoms with E-state index in [1.807, 2.05) is 0 Å².